The molecule has 1 N–H and O–H groups in total. The number of benzene rings is 1. The van der Waals surface area contributed by atoms with Gasteiger partial charge in [0.1, 0.15) is 0 Å². The minimum atomic E-state index is -0.0668. The van der Waals surface area contributed by atoms with E-state index in [1.165, 1.54) is 5.56 Å². The molecule has 0 radical (unpaired) electrons. The summed E-state index contributed by atoms with van der Waals surface area (Å²) in [6.07, 6.45) is 1.67. The van der Waals surface area contributed by atoms with Crippen molar-refractivity contribution in [1.82, 2.24) is 5.32 Å². The summed E-state index contributed by atoms with van der Waals surface area (Å²) in [5.74, 6) is 0.677. The highest BCUT2D eigenvalue weighted by molar-refractivity contribution is 5.76. The Morgan fingerprint density at radius 3 is 2.41 bits per heavy atom. The van der Waals surface area contributed by atoms with Gasteiger partial charge in [0.05, 0.1) is 12.7 Å². The molecule has 22 heavy (non-hydrogen) atoms. The van der Waals surface area contributed by atoms with Crippen LogP contribution in [0.4, 0.5) is 0 Å². The van der Waals surface area contributed by atoms with Crippen LogP contribution in [0.5, 0.6) is 0 Å². The molecule has 1 unspecified atom stereocenters. The van der Waals surface area contributed by atoms with E-state index in [1.54, 1.807) is 0 Å². The topological polar surface area (TPSA) is 38.3 Å². The van der Waals surface area contributed by atoms with Crippen molar-refractivity contribution in [2.24, 2.45) is 5.92 Å². The summed E-state index contributed by atoms with van der Waals surface area (Å²) in [4.78, 5) is 11.9. The van der Waals surface area contributed by atoms with Crippen molar-refractivity contribution in [2.45, 2.75) is 59.0 Å². The Bertz CT molecular complexity index is 440. The lowest BCUT2D eigenvalue weighted by atomic mass is 9.84. The van der Waals surface area contributed by atoms with Gasteiger partial charge in [0.25, 0.3) is 0 Å². The molecule has 1 aromatic carbocycles. The lowest BCUT2D eigenvalue weighted by Crippen LogP contribution is -2.37. The van der Waals surface area contributed by atoms with Crippen LogP contribution in [0.25, 0.3) is 0 Å². The second-order valence-corrected chi connectivity index (χ2v) is 7.09. The monoisotopic (exact) mass is 305 g/mol. The Labute approximate surface area is 135 Å². The van der Waals surface area contributed by atoms with Gasteiger partial charge in [-0.05, 0) is 24.8 Å². The van der Waals surface area contributed by atoms with Gasteiger partial charge in [0, 0.05) is 18.4 Å². The number of nitrogens with one attached hydrogen (secondary N) is 1. The van der Waals surface area contributed by atoms with Gasteiger partial charge >= 0.3 is 0 Å². The summed E-state index contributed by atoms with van der Waals surface area (Å²) in [6, 6.07) is 10.3. The molecular formula is C19H31NO2. The van der Waals surface area contributed by atoms with Crippen LogP contribution in [-0.2, 0) is 14.9 Å². The van der Waals surface area contributed by atoms with Crippen LogP contribution in [0.3, 0.4) is 0 Å². The van der Waals surface area contributed by atoms with Gasteiger partial charge in [-0.25, -0.2) is 0 Å². The highest BCUT2D eigenvalue weighted by atomic mass is 16.5. The first-order valence-electron chi connectivity index (χ1n) is 8.25. The second-order valence-electron chi connectivity index (χ2n) is 7.09. The minimum absolute atomic E-state index is 0.0563. The molecule has 1 amide bonds. The van der Waals surface area contributed by atoms with Gasteiger partial charge in [0.2, 0.25) is 5.91 Å². The summed E-state index contributed by atoms with van der Waals surface area (Å²) in [5, 5.41) is 3.02. The van der Waals surface area contributed by atoms with Crippen LogP contribution in [0, 0.1) is 5.92 Å². The molecule has 0 heterocycles. The van der Waals surface area contributed by atoms with Crippen molar-refractivity contribution in [1.29, 1.82) is 0 Å². The van der Waals surface area contributed by atoms with E-state index in [0.29, 0.717) is 25.5 Å². The molecule has 0 saturated heterocycles. The fraction of sp³-hybridized carbons (Fsp3) is 0.632. The van der Waals surface area contributed by atoms with E-state index >= 15 is 0 Å². The van der Waals surface area contributed by atoms with Crippen LogP contribution in [0.1, 0.15) is 53.0 Å². The maximum atomic E-state index is 11.9. The summed E-state index contributed by atoms with van der Waals surface area (Å²) in [6.45, 7) is 11.8. The minimum Gasteiger partial charge on any atom is -0.378 e. The fourth-order valence-electron chi connectivity index (χ4n) is 2.48. The first-order chi connectivity index (χ1) is 10.3. The molecular weight excluding hydrogens is 274 g/mol. The Morgan fingerprint density at radius 1 is 1.18 bits per heavy atom. The van der Waals surface area contributed by atoms with Gasteiger partial charge in [-0.15, -0.1) is 0 Å². The third-order valence-corrected chi connectivity index (χ3v) is 3.82. The first kappa shape index (κ1) is 18.7. The average molecular weight is 305 g/mol. The third kappa shape index (κ3) is 7.08. The zero-order valence-corrected chi connectivity index (χ0v) is 14.7. The standard InChI is InChI=1S/C19H31NO2/c1-15(2)13-16(3)22-12-11-18(21)20-14-19(4,5)17-9-7-6-8-10-17/h6-10,15-16H,11-14H2,1-5H3,(H,20,21). The van der Waals surface area contributed by atoms with Crippen LogP contribution >= 0.6 is 0 Å². The number of carbonyl (C=O) groups excluding carboxylic acids is 1. The molecule has 1 aromatic rings. The zero-order chi connectivity index (χ0) is 16.6. The number of ether oxygens (including phenoxy) is 1. The molecule has 0 spiro atoms. The van der Waals surface area contributed by atoms with Crippen molar-refractivity contribution in [2.75, 3.05) is 13.2 Å². The van der Waals surface area contributed by atoms with Gasteiger partial charge in [0.15, 0.2) is 0 Å². The lowest BCUT2D eigenvalue weighted by Gasteiger charge is -2.25. The molecule has 0 fully saturated rings. The first-order valence-corrected chi connectivity index (χ1v) is 8.25. The second kappa shape index (κ2) is 8.94. The van der Waals surface area contributed by atoms with Crippen molar-refractivity contribution < 1.29 is 9.53 Å². The highest BCUT2D eigenvalue weighted by Crippen LogP contribution is 2.21. The molecule has 0 aliphatic carbocycles. The van der Waals surface area contributed by atoms with E-state index < -0.39 is 0 Å². The van der Waals surface area contributed by atoms with Gasteiger partial charge in [-0.2, -0.15) is 0 Å². The van der Waals surface area contributed by atoms with Crippen molar-refractivity contribution in [3.63, 3.8) is 0 Å². The molecule has 0 aliphatic rings. The Morgan fingerprint density at radius 2 is 1.82 bits per heavy atom. The molecule has 0 aliphatic heterocycles. The summed E-state index contributed by atoms with van der Waals surface area (Å²) in [7, 11) is 0. The number of amides is 1. The highest BCUT2D eigenvalue weighted by Gasteiger charge is 2.20. The van der Waals surface area contributed by atoms with E-state index in [9.17, 15) is 4.79 Å². The number of hydrogen-bond donors (Lipinski definition) is 1. The van der Waals surface area contributed by atoms with Crippen molar-refractivity contribution in [3.8, 4) is 0 Å². The number of carbonyl (C=O) groups is 1. The Balaban J connectivity index is 2.28. The molecule has 124 valence electrons. The van der Waals surface area contributed by atoms with E-state index in [1.807, 2.05) is 18.2 Å². The molecule has 1 rings (SSSR count). The summed E-state index contributed by atoms with van der Waals surface area (Å²) >= 11 is 0. The predicted octanol–water partition coefficient (Wildman–Crippen LogP) is 3.92. The Kier molecular flexibility index (Phi) is 7.60. The van der Waals surface area contributed by atoms with Crippen LogP contribution < -0.4 is 5.32 Å². The quantitative estimate of drug-likeness (QED) is 0.751. The maximum Gasteiger partial charge on any atom is 0.222 e. The average Bonchev–Trinajstić information content (AvgIpc) is 2.45. The van der Waals surface area contributed by atoms with Gasteiger partial charge in [-0.1, -0.05) is 58.0 Å². The van der Waals surface area contributed by atoms with E-state index in [-0.39, 0.29) is 17.4 Å². The van der Waals surface area contributed by atoms with E-state index in [2.05, 4.69) is 52.1 Å². The molecule has 0 aromatic heterocycles. The molecule has 3 heteroatoms. The van der Waals surface area contributed by atoms with Crippen LogP contribution in [0.15, 0.2) is 30.3 Å². The van der Waals surface area contributed by atoms with Gasteiger partial charge < -0.3 is 10.1 Å². The summed E-state index contributed by atoms with van der Waals surface area (Å²) < 4.78 is 5.68. The smallest absolute Gasteiger partial charge is 0.222 e. The van der Waals surface area contributed by atoms with Crippen molar-refractivity contribution in [3.05, 3.63) is 35.9 Å². The molecule has 0 bridgehead atoms. The molecule has 0 saturated carbocycles. The number of rotatable bonds is 9. The third-order valence-electron chi connectivity index (χ3n) is 3.82. The zero-order valence-electron chi connectivity index (χ0n) is 14.7. The van der Waals surface area contributed by atoms with Crippen LogP contribution in [0.2, 0.25) is 0 Å². The Hall–Kier alpha value is -1.35. The van der Waals surface area contributed by atoms with Crippen LogP contribution in [-0.4, -0.2) is 25.2 Å². The van der Waals surface area contributed by atoms with E-state index in [4.69, 9.17) is 4.74 Å². The van der Waals surface area contributed by atoms with E-state index in [0.717, 1.165) is 6.42 Å². The lowest BCUT2D eigenvalue weighted by molar-refractivity contribution is -0.122. The van der Waals surface area contributed by atoms with Gasteiger partial charge in [-0.3, -0.25) is 4.79 Å². The fourth-order valence-corrected chi connectivity index (χ4v) is 2.48. The largest absolute Gasteiger partial charge is 0.378 e. The summed E-state index contributed by atoms with van der Waals surface area (Å²) in [5.41, 5.74) is 1.17. The maximum absolute atomic E-state index is 11.9. The number of hydrogen-bond acceptors (Lipinski definition) is 2. The SMILES string of the molecule is CC(C)CC(C)OCCC(=O)NCC(C)(C)c1ccccc1. The molecule has 1 atom stereocenters. The molecule has 3 nitrogen and oxygen atoms in total. The van der Waals surface area contributed by atoms with Crippen molar-refractivity contribution >= 4 is 5.91 Å². The normalized spacial score (nSPS) is 13.2. The predicted molar refractivity (Wildman–Crippen MR) is 92.0 cm³/mol.